The second-order valence-corrected chi connectivity index (χ2v) is 9.25. The van der Waals surface area contributed by atoms with Crippen LogP contribution < -0.4 is 0 Å². The largest absolute Gasteiger partial charge is 0.463 e. The van der Waals surface area contributed by atoms with Crippen LogP contribution in [0.25, 0.3) is 0 Å². The number of allylic oxidation sites excluding steroid dienone is 2. The number of carbonyl (C=O) groups is 1. The Hall–Kier alpha value is -0.880. The molecule has 0 aliphatic heterocycles. The number of unbranched alkanes of at least 4 members (excludes halogenated alkanes) is 11. The number of ether oxygens (including phenoxy) is 1. The Bertz CT molecular complexity index is 499. The first-order valence-corrected chi connectivity index (χ1v) is 12.8. The lowest BCUT2D eigenvalue weighted by atomic mass is 10.1. The summed E-state index contributed by atoms with van der Waals surface area (Å²) in [7, 11) is -3.78. The average molecular weight is 419 g/mol. The summed E-state index contributed by atoms with van der Waals surface area (Å²) in [4.78, 5) is 11.5. The molecule has 0 saturated heterocycles. The lowest BCUT2D eigenvalue weighted by Crippen LogP contribution is -2.13. The van der Waals surface area contributed by atoms with Crippen molar-refractivity contribution in [3.63, 3.8) is 0 Å². The monoisotopic (exact) mass is 418 g/mol. The minimum atomic E-state index is -3.78. The third-order valence-corrected chi connectivity index (χ3v) is 5.65. The summed E-state index contributed by atoms with van der Waals surface area (Å²) in [5.41, 5.74) is 0. The van der Waals surface area contributed by atoms with Gasteiger partial charge in [-0.15, -0.1) is 0 Å². The molecule has 1 unspecified atom stereocenters. The molecule has 0 heterocycles. The van der Waals surface area contributed by atoms with Gasteiger partial charge in [-0.3, -0.25) is 9.35 Å². The number of rotatable bonds is 19. The smallest absolute Gasteiger partial charge is 0.306 e. The van der Waals surface area contributed by atoms with E-state index in [4.69, 9.17) is 9.29 Å². The zero-order chi connectivity index (χ0) is 21.1. The van der Waals surface area contributed by atoms with Crippen LogP contribution in [0.1, 0.15) is 110 Å². The van der Waals surface area contributed by atoms with Crippen LogP contribution in [0.2, 0.25) is 0 Å². The molecule has 28 heavy (non-hydrogen) atoms. The fourth-order valence-corrected chi connectivity index (χ4v) is 3.49. The predicted octanol–water partition coefficient (Wildman–Crippen LogP) is 6.23. The van der Waals surface area contributed by atoms with E-state index in [9.17, 15) is 13.2 Å². The van der Waals surface area contributed by atoms with Crippen LogP contribution in [0.15, 0.2) is 12.2 Å². The highest BCUT2D eigenvalue weighted by Gasteiger charge is 2.06. The lowest BCUT2D eigenvalue weighted by Gasteiger charge is -2.10. The Morgan fingerprint density at radius 1 is 0.857 bits per heavy atom. The van der Waals surface area contributed by atoms with Gasteiger partial charge < -0.3 is 4.74 Å². The number of carbonyl (C=O) groups excluding carboxylic acids is 1. The molecule has 1 N–H and O–H groups in total. The van der Waals surface area contributed by atoms with E-state index in [0.717, 1.165) is 51.4 Å². The molecule has 166 valence electrons. The number of hydrogen-bond acceptors (Lipinski definition) is 4. The predicted molar refractivity (Wildman–Crippen MR) is 116 cm³/mol. The molecule has 0 fully saturated rings. The second-order valence-electron chi connectivity index (χ2n) is 7.68. The molecular weight excluding hydrogens is 376 g/mol. The highest BCUT2D eigenvalue weighted by Crippen LogP contribution is 2.11. The Kier molecular flexibility index (Phi) is 17.6. The van der Waals surface area contributed by atoms with Crippen molar-refractivity contribution in [2.45, 2.75) is 116 Å². The van der Waals surface area contributed by atoms with Crippen LogP contribution >= 0.6 is 0 Å². The van der Waals surface area contributed by atoms with E-state index in [1.807, 2.05) is 13.8 Å². The molecule has 0 aromatic carbocycles. The maximum Gasteiger partial charge on any atom is 0.306 e. The third-order valence-electron chi connectivity index (χ3n) is 4.85. The molecule has 0 radical (unpaired) electrons. The molecule has 5 nitrogen and oxygen atoms in total. The molecule has 0 amide bonds. The van der Waals surface area contributed by atoms with Crippen molar-refractivity contribution >= 4 is 16.1 Å². The summed E-state index contributed by atoms with van der Waals surface area (Å²) in [6, 6.07) is 0. The first-order valence-electron chi connectivity index (χ1n) is 11.1. The molecule has 0 aliphatic carbocycles. The summed E-state index contributed by atoms with van der Waals surface area (Å²) in [5.74, 6) is -0.170. The number of hydrogen-bond donors (Lipinski definition) is 1. The van der Waals surface area contributed by atoms with Crippen molar-refractivity contribution < 1.29 is 22.5 Å². The van der Waals surface area contributed by atoms with Gasteiger partial charge in [0.05, 0.1) is 11.9 Å². The van der Waals surface area contributed by atoms with Gasteiger partial charge in [-0.05, 0) is 51.9 Å². The minimum Gasteiger partial charge on any atom is -0.463 e. The van der Waals surface area contributed by atoms with Gasteiger partial charge in [-0.1, -0.05) is 64.0 Å². The van der Waals surface area contributed by atoms with Crippen molar-refractivity contribution in [2.75, 3.05) is 5.75 Å². The third kappa shape index (κ3) is 21.4. The van der Waals surface area contributed by atoms with E-state index in [-0.39, 0.29) is 17.8 Å². The minimum absolute atomic E-state index is 0.0392. The first-order chi connectivity index (χ1) is 13.3. The normalized spacial score (nSPS) is 13.1. The van der Waals surface area contributed by atoms with Crippen LogP contribution in [0.4, 0.5) is 0 Å². The molecule has 0 aliphatic rings. The fourth-order valence-electron chi connectivity index (χ4n) is 2.92. The van der Waals surface area contributed by atoms with Gasteiger partial charge >= 0.3 is 5.97 Å². The van der Waals surface area contributed by atoms with Gasteiger partial charge in [0.25, 0.3) is 10.1 Å². The molecule has 6 heteroatoms. The van der Waals surface area contributed by atoms with Gasteiger partial charge in [-0.25, -0.2) is 0 Å². The van der Waals surface area contributed by atoms with Crippen molar-refractivity contribution in [1.82, 2.24) is 0 Å². The van der Waals surface area contributed by atoms with Crippen LogP contribution in [0, 0.1) is 0 Å². The maximum atomic E-state index is 11.5. The van der Waals surface area contributed by atoms with Crippen molar-refractivity contribution in [1.29, 1.82) is 0 Å². The molecule has 0 aromatic rings. The average Bonchev–Trinajstić information content (AvgIpc) is 2.63. The quantitative estimate of drug-likeness (QED) is 0.116. The van der Waals surface area contributed by atoms with Crippen LogP contribution in [-0.4, -0.2) is 30.8 Å². The summed E-state index contributed by atoms with van der Waals surface area (Å²) in [6.45, 7) is 3.95. The first kappa shape index (κ1) is 27.1. The van der Waals surface area contributed by atoms with Crippen molar-refractivity contribution in [3.05, 3.63) is 12.2 Å². The molecule has 0 rings (SSSR count). The van der Waals surface area contributed by atoms with E-state index >= 15 is 0 Å². The van der Waals surface area contributed by atoms with Gasteiger partial charge in [0.2, 0.25) is 0 Å². The summed E-state index contributed by atoms with van der Waals surface area (Å²) in [5, 5.41) is 0. The van der Waals surface area contributed by atoms with Crippen molar-refractivity contribution in [2.24, 2.45) is 0 Å². The zero-order valence-electron chi connectivity index (χ0n) is 18.0. The summed E-state index contributed by atoms with van der Waals surface area (Å²) < 4.78 is 35.0. The molecule has 1 atom stereocenters. The Morgan fingerprint density at radius 2 is 1.32 bits per heavy atom. The topological polar surface area (TPSA) is 80.7 Å². The molecular formula is C22H42O5S. The molecule has 0 spiro atoms. The van der Waals surface area contributed by atoms with Crippen LogP contribution in [-0.2, 0) is 19.6 Å². The fraction of sp³-hybridized carbons (Fsp3) is 0.864. The molecule has 0 bridgehead atoms. The summed E-state index contributed by atoms with van der Waals surface area (Å²) >= 11 is 0. The van der Waals surface area contributed by atoms with Crippen LogP contribution in [0.3, 0.4) is 0 Å². The number of esters is 1. The standard InChI is InChI=1S/C22H42O5S/c1-3-21(2)27-22(23)19-17-15-13-11-9-7-5-4-6-8-10-12-14-16-18-20-28(24,25)26/h4-5,21H,3,6-20H2,1-2H3,(H,24,25,26)/b5-4+. The van der Waals surface area contributed by atoms with Gasteiger partial charge in [0.15, 0.2) is 0 Å². The highest BCUT2D eigenvalue weighted by molar-refractivity contribution is 7.85. The van der Waals surface area contributed by atoms with Gasteiger partial charge in [-0.2, -0.15) is 8.42 Å². The molecule has 0 saturated carbocycles. The maximum absolute atomic E-state index is 11.5. The highest BCUT2D eigenvalue weighted by atomic mass is 32.2. The molecule has 0 aromatic heterocycles. The van der Waals surface area contributed by atoms with E-state index in [1.54, 1.807) is 0 Å². The van der Waals surface area contributed by atoms with E-state index in [1.165, 1.54) is 32.1 Å². The SMILES string of the molecule is CCC(C)OC(=O)CCCCCCC/C=C/CCCCCCCCS(=O)(=O)O. The Balaban J connectivity index is 3.27. The lowest BCUT2D eigenvalue weighted by molar-refractivity contribution is -0.148. The summed E-state index contributed by atoms with van der Waals surface area (Å²) in [6.07, 6.45) is 19.8. The van der Waals surface area contributed by atoms with Crippen LogP contribution in [0.5, 0.6) is 0 Å². The van der Waals surface area contributed by atoms with Gasteiger partial charge in [0.1, 0.15) is 0 Å². The van der Waals surface area contributed by atoms with Gasteiger partial charge in [0, 0.05) is 6.42 Å². The Morgan fingerprint density at radius 3 is 1.82 bits per heavy atom. The van der Waals surface area contributed by atoms with E-state index in [0.29, 0.717) is 12.8 Å². The van der Waals surface area contributed by atoms with E-state index < -0.39 is 10.1 Å². The second kappa shape index (κ2) is 18.2. The van der Waals surface area contributed by atoms with Crippen molar-refractivity contribution in [3.8, 4) is 0 Å². The van der Waals surface area contributed by atoms with E-state index in [2.05, 4.69) is 12.2 Å². The Labute approximate surface area is 173 Å². The zero-order valence-corrected chi connectivity index (χ0v) is 18.9.